The number of aryl methyl sites for hydroxylation is 2. The molecule has 0 aliphatic carbocycles. The highest BCUT2D eigenvalue weighted by Gasteiger charge is 2.41. The number of hydrogen-bond donors (Lipinski definition) is 1. The number of carbonyl (C=O) groups is 1. The molecule has 0 atom stereocenters. The van der Waals surface area contributed by atoms with Gasteiger partial charge in [-0.25, -0.2) is 0 Å². The van der Waals surface area contributed by atoms with E-state index in [1.165, 1.54) is 0 Å². The quantitative estimate of drug-likeness (QED) is 0.889. The summed E-state index contributed by atoms with van der Waals surface area (Å²) in [6.45, 7) is 7.49. The zero-order valence-corrected chi connectivity index (χ0v) is 11.5. The fourth-order valence-corrected chi connectivity index (χ4v) is 2.65. The monoisotopic (exact) mass is 246 g/mol. The second-order valence-electron chi connectivity index (χ2n) is 5.59. The van der Waals surface area contributed by atoms with Gasteiger partial charge in [0.25, 0.3) is 5.91 Å². The molecule has 18 heavy (non-hydrogen) atoms. The normalized spacial score (nSPS) is 17.4. The molecule has 0 radical (unpaired) electrons. The Kier molecular flexibility index (Phi) is 3.44. The third-order valence-electron chi connectivity index (χ3n) is 3.67. The number of likely N-dealkylation sites (tertiary alicyclic amines) is 1. The standard InChI is InChI=1S/C15H22N2O/c1-4-7-15(16)9-17(10-15)14(18)13-8-11(2)5-6-12(13)3/h5-6,8H,4,7,9-10,16H2,1-3H3. The molecule has 3 nitrogen and oxygen atoms in total. The van der Waals surface area contributed by atoms with Crippen molar-refractivity contribution in [3.63, 3.8) is 0 Å². The fourth-order valence-electron chi connectivity index (χ4n) is 2.65. The summed E-state index contributed by atoms with van der Waals surface area (Å²) in [5.74, 6) is 0.119. The van der Waals surface area contributed by atoms with Crippen molar-refractivity contribution in [2.24, 2.45) is 5.73 Å². The van der Waals surface area contributed by atoms with Crippen molar-refractivity contribution >= 4 is 5.91 Å². The molecule has 1 saturated heterocycles. The lowest BCUT2D eigenvalue weighted by atomic mass is 9.85. The highest BCUT2D eigenvalue weighted by molar-refractivity contribution is 5.96. The number of amides is 1. The molecular formula is C15H22N2O. The molecule has 1 amide bonds. The molecule has 1 heterocycles. The summed E-state index contributed by atoms with van der Waals surface area (Å²) in [5.41, 5.74) is 9.02. The number of rotatable bonds is 3. The Hall–Kier alpha value is -1.35. The highest BCUT2D eigenvalue weighted by Crippen LogP contribution is 2.26. The lowest BCUT2D eigenvalue weighted by molar-refractivity contribution is 0.0385. The largest absolute Gasteiger partial charge is 0.335 e. The highest BCUT2D eigenvalue weighted by atomic mass is 16.2. The Balaban J connectivity index is 2.08. The summed E-state index contributed by atoms with van der Waals surface area (Å²) in [5, 5.41) is 0. The van der Waals surface area contributed by atoms with Crippen LogP contribution in [0.2, 0.25) is 0 Å². The molecule has 2 N–H and O–H groups in total. The Bertz CT molecular complexity index is 462. The van der Waals surface area contributed by atoms with Crippen LogP contribution in [0.25, 0.3) is 0 Å². The lowest BCUT2D eigenvalue weighted by Crippen LogP contribution is -2.68. The van der Waals surface area contributed by atoms with Crippen molar-refractivity contribution in [2.75, 3.05) is 13.1 Å². The molecule has 0 spiro atoms. The van der Waals surface area contributed by atoms with Gasteiger partial charge in [0, 0.05) is 18.7 Å². The smallest absolute Gasteiger partial charge is 0.254 e. The Morgan fingerprint density at radius 2 is 2.06 bits per heavy atom. The van der Waals surface area contributed by atoms with E-state index in [2.05, 4.69) is 6.92 Å². The maximum absolute atomic E-state index is 12.4. The van der Waals surface area contributed by atoms with Gasteiger partial charge in [0.2, 0.25) is 0 Å². The summed E-state index contributed by atoms with van der Waals surface area (Å²) in [4.78, 5) is 14.2. The predicted molar refractivity (Wildman–Crippen MR) is 73.6 cm³/mol. The molecule has 0 unspecified atom stereocenters. The van der Waals surface area contributed by atoms with Gasteiger partial charge >= 0.3 is 0 Å². The van der Waals surface area contributed by atoms with Gasteiger partial charge in [-0.15, -0.1) is 0 Å². The topological polar surface area (TPSA) is 46.3 Å². The van der Waals surface area contributed by atoms with Gasteiger partial charge in [0.15, 0.2) is 0 Å². The van der Waals surface area contributed by atoms with Gasteiger partial charge in [-0.3, -0.25) is 4.79 Å². The summed E-state index contributed by atoms with van der Waals surface area (Å²) < 4.78 is 0. The van der Waals surface area contributed by atoms with E-state index in [4.69, 9.17) is 5.73 Å². The van der Waals surface area contributed by atoms with Gasteiger partial charge in [0.1, 0.15) is 0 Å². The van der Waals surface area contributed by atoms with Crippen LogP contribution in [-0.4, -0.2) is 29.4 Å². The van der Waals surface area contributed by atoms with Crippen LogP contribution in [0.1, 0.15) is 41.3 Å². The summed E-state index contributed by atoms with van der Waals surface area (Å²) in [7, 11) is 0. The number of nitrogens with two attached hydrogens (primary N) is 1. The minimum absolute atomic E-state index is 0.119. The first-order valence-electron chi connectivity index (χ1n) is 6.60. The SMILES string of the molecule is CCCC1(N)CN(C(=O)c2cc(C)ccc2C)C1. The fraction of sp³-hybridized carbons (Fsp3) is 0.533. The average Bonchev–Trinajstić information content (AvgIpc) is 2.28. The van der Waals surface area contributed by atoms with Crippen LogP contribution in [0, 0.1) is 13.8 Å². The Morgan fingerprint density at radius 3 is 2.67 bits per heavy atom. The maximum atomic E-state index is 12.4. The van der Waals surface area contributed by atoms with Gasteiger partial charge < -0.3 is 10.6 Å². The summed E-state index contributed by atoms with van der Waals surface area (Å²) in [6.07, 6.45) is 2.06. The van der Waals surface area contributed by atoms with Crippen LogP contribution in [0.5, 0.6) is 0 Å². The molecule has 2 rings (SSSR count). The Morgan fingerprint density at radius 1 is 1.39 bits per heavy atom. The van der Waals surface area contributed by atoms with Crippen LogP contribution < -0.4 is 5.73 Å². The first kappa shape index (κ1) is 13.1. The molecule has 3 heteroatoms. The van der Waals surface area contributed by atoms with Gasteiger partial charge in [-0.2, -0.15) is 0 Å². The van der Waals surface area contributed by atoms with E-state index < -0.39 is 0 Å². The van der Waals surface area contributed by atoms with E-state index in [9.17, 15) is 4.79 Å². The molecule has 1 fully saturated rings. The van der Waals surface area contributed by atoms with E-state index in [0.717, 1.165) is 29.5 Å². The maximum Gasteiger partial charge on any atom is 0.254 e. The molecule has 1 aliphatic rings. The molecule has 1 aliphatic heterocycles. The molecule has 0 saturated carbocycles. The zero-order chi connectivity index (χ0) is 13.3. The van der Waals surface area contributed by atoms with Crippen LogP contribution in [0.3, 0.4) is 0 Å². The van der Waals surface area contributed by atoms with E-state index in [1.807, 2.05) is 36.9 Å². The number of carbonyl (C=O) groups excluding carboxylic acids is 1. The lowest BCUT2D eigenvalue weighted by Gasteiger charge is -2.48. The number of hydrogen-bond acceptors (Lipinski definition) is 2. The van der Waals surface area contributed by atoms with Crippen LogP contribution in [0.4, 0.5) is 0 Å². The second kappa shape index (κ2) is 4.73. The third-order valence-corrected chi connectivity index (χ3v) is 3.67. The molecular weight excluding hydrogens is 224 g/mol. The van der Waals surface area contributed by atoms with Gasteiger partial charge in [0.05, 0.1) is 5.54 Å². The number of benzene rings is 1. The van der Waals surface area contributed by atoms with Crippen molar-refractivity contribution in [3.8, 4) is 0 Å². The van der Waals surface area contributed by atoms with E-state index in [1.54, 1.807) is 0 Å². The van der Waals surface area contributed by atoms with Gasteiger partial charge in [-0.05, 0) is 31.9 Å². The van der Waals surface area contributed by atoms with Crippen molar-refractivity contribution < 1.29 is 4.79 Å². The van der Waals surface area contributed by atoms with E-state index in [0.29, 0.717) is 13.1 Å². The molecule has 1 aromatic carbocycles. The second-order valence-corrected chi connectivity index (χ2v) is 5.59. The number of nitrogens with zero attached hydrogens (tertiary/aromatic N) is 1. The molecule has 98 valence electrons. The van der Waals surface area contributed by atoms with Crippen LogP contribution >= 0.6 is 0 Å². The first-order valence-corrected chi connectivity index (χ1v) is 6.60. The van der Waals surface area contributed by atoms with E-state index in [-0.39, 0.29) is 11.4 Å². The molecule has 1 aromatic rings. The van der Waals surface area contributed by atoms with E-state index >= 15 is 0 Å². The third kappa shape index (κ3) is 2.41. The predicted octanol–water partition coefficient (Wildman–Crippen LogP) is 2.26. The summed E-state index contributed by atoms with van der Waals surface area (Å²) >= 11 is 0. The zero-order valence-electron chi connectivity index (χ0n) is 11.5. The molecule has 0 bridgehead atoms. The van der Waals surface area contributed by atoms with Crippen molar-refractivity contribution in [1.82, 2.24) is 4.90 Å². The van der Waals surface area contributed by atoms with Gasteiger partial charge in [-0.1, -0.05) is 31.0 Å². The van der Waals surface area contributed by atoms with Crippen molar-refractivity contribution in [1.29, 1.82) is 0 Å². The van der Waals surface area contributed by atoms with Crippen LogP contribution in [0.15, 0.2) is 18.2 Å². The minimum Gasteiger partial charge on any atom is -0.335 e. The van der Waals surface area contributed by atoms with Crippen molar-refractivity contribution in [2.45, 2.75) is 39.2 Å². The average molecular weight is 246 g/mol. The summed E-state index contributed by atoms with van der Waals surface area (Å²) in [6, 6.07) is 6.00. The Labute approximate surface area is 109 Å². The van der Waals surface area contributed by atoms with Crippen LogP contribution in [-0.2, 0) is 0 Å². The van der Waals surface area contributed by atoms with Crippen molar-refractivity contribution in [3.05, 3.63) is 34.9 Å². The minimum atomic E-state index is -0.151. The molecule has 0 aromatic heterocycles. The first-order chi connectivity index (χ1) is 8.45.